The number of thioether (sulfide) groups is 1. The largest absolute Gasteiger partial charge is 0.506 e. The number of benzene rings is 2. The Labute approximate surface area is 181 Å². The smallest absolute Gasteiger partial charge is 0.219 e. The maximum atomic E-state index is 10.1. The molecule has 154 valence electrons. The van der Waals surface area contributed by atoms with E-state index < -0.39 is 0 Å². The fraction of sp³-hybridized carbons (Fsp3) is 0.360. The third-order valence-electron chi connectivity index (χ3n) is 6.06. The van der Waals surface area contributed by atoms with Crippen LogP contribution >= 0.6 is 11.8 Å². The molecule has 2 atom stereocenters. The number of hydrogen-bond donors (Lipinski definition) is 1. The number of fused-ring (bicyclic) bond motifs is 2. The molecule has 1 aromatic heterocycles. The molecule has 0 amide bonds. The number of rotatable bonds is 3. The summed E-state index contributed by atoms with van der Waals surface area (Å²) in [6.45, 7) is 4.77. The highest BCUT2D eigenvalue weighted by molar-refractivity contribution is 8.15. The Morgan fingerprint density at radius 1 is 1.10 bits per heavy atom. The first kappa shape index (κ1) is 19.4. The lowest BCUT2D eigenvalue weighted by molar-refractivity contribution is 0.317. The second-order valence-electron chi connectivity index (χ2n) is 9.05. The van der Waals surface area contributed by atoms with Gasteiger partial charge in [-0.2, -0.15) is 0 Å². The molecule has 2 aromatic carbocycles. The predicted molar refractivity (Wildman–Crippen MR) is 124 cm³/mol. The van der Waals surface area contributed by atoms with Crippen molar-refractivity contribution in [3.05, 3.63) is 60.2 Å². The van der Waals surface area contributed by atoms with Gasteiger partial charge in [0.05, 0.1) is 11.1 Å². The molecular formula is C25H26N2O2S. The van der Waals surface area contributed by atoms with Gasteiger partial charge < -0.3 is 9.84 Å². The number of ether oxygens (including phenoxy) is 1. The Kier molecular flexibility index (Phi) is 4.94. The summed E-state index contributed by atoms with van der Waals surface area (Å²) in [6.07, 6.45) is 4.96. The lowest BCUT2D eigenvalue weighted by Gasteiger charge is -2.25. The van der Waals surface area contributed by atoms with Crippen LogP contribution in [0.5, 0.6) is 17.4 Å². The molecule has 0 radical (unpaired) electrons. The van der Waals surface area contributed by atoms with E-state index in [-0.39, 0.29) is 5.75 Å². The minimum atomic E-state index is 0.157. The first-order valence-corrected chi connectivity index (χ1v) is 11.5. The second kappa shape index (κ2) is 7.62. The molecule has 0 saturated heterocycles. The molecule has 0 unspecified atom stereocenters. The molecule has 1 fully saturated rings. The van der Waals surface area contributed by atoms with Crippen molar-refractivity contribution in [3.8, 4) is 17.4 Å². The van der Waals surface area contributed by atoms with Crippen molar-refractivity contribution in [2.24, 2.45) is 10.4 Å². The zero-order valence-corrected chi connectivity index (χ0v) is 18.2. The van der Waals surface area contributed by atoms with E-state index in [0.717, 1.165) is 21.7 Å². The fourth-order valence-electron chi connectivity index (χ4n) is 4.48. The van der Waals surface area contributed by atoms with Crippen LogP contribution in [0, 0.1) is 5.41 Å². The molecular weight excluding hydrogens is 392 g/mol. The van der Waals surface area contributed by atoms with Crippen molar-refractivity contribution in [3.63, 3.8) is 0 Å². The Bertz CT molecular complexity index is 1130. The summed E-state index contributed by atoms with van der Waals surface area (Å²) in [4.78, 5) is 9.56. The standard InChI is InChI=1S/C25H26N2O2S/c1-25(2)13-5-9-19-21(15-25)30-24(26-19)17-7-3-8-18(14-17)29-22-12-11-16-6-4-10-20(28)23(16)27-22/h3-4,6-8,10-12,14,19,21,28H,5,9,13,15H2,1-2H3/t19-,21+/m0/s1. The molecule has 5 heteroatoms. The van der Waals surface area contributed by atoms with Gasteiger partial charge in [-0.05, 0) is 48.9 Å². The van der Waals surface area contributed by atoms with Gasteiger partial charge in [-0.25, -0.2) is 4.98 Å². The normalized spacial score (nSPS) is 22.9. The van der Waals surface area contributed by atoms with Crippen molar-refractivity contribution in [1.82, 2.24) is 4.98 Å². The van der Waals surface area contributed by atoms with Gasteiger partial charge in [0.2, 0.25) is 5.88 Å². The minimum absolute atomic E-state index is 0.157. The SMILES string of the molecule is CC1(C)CCC[C@@H]2N=C(c3cccc(Oc4ccc5cccc(O)c5n4)c3)S[C@@H]2C1. The van der Waals surface area contributed by atoms with Crippen LogP contribution in [0.3, 0.4) is 0 Å². The lowest BCUT2D eigenvalue weighted by Crippen LogP contribution is -2.21. The molecule has 5 rings (SSSR count). The van der Waals surface area contributed by atoms with Gasteiger partial charge in [0.1, 0.15) is 17.0 Å². The molecule has 1 aliphatic carbocycles. The van der Waals surface area contributed by atoms with E-state index in [9.17, 15) is 5.11 Å². The Morgan fingerprint density at radius 2 is 1.97 bits per heavy atom. The highest BCUT2D eigenvalue weighted by atomic mass is 32.2. The van der Waals surface area contributed by atoms with Crippen molar-refractivity contribution in [2.75, 3.05) is 0 Å². The zero-order valence-electron chi connectivity index (χ0n) is 17.3. The topological polar surface area (TPSA) is 54.7 Å². The average Bonchev–Trinajstić information content (AvgIpc) is 3.04. The van der Waals surface area contributed by atoms with Crippen LogP contribution in [0.1, 0.15) is 45.1 Å². The van der Waals surface area contributed by atoms with Crippen molar-refractivity contribution < 1.29 is 9.84 Å². The summed E-state index contributed by atoms with van der Waals surface area (Å²) >= 11 is 1.93. The molecule has 0 bridgehead atoms. The van der Waals surface area contributed by atoms with Crippen LogP contribution in [0.4, 0.5) is 0 Å². The quantitative estimate of drug-likeness (QED) is 0.523. The van der Waals surface area contributed by atoms with Gasteiger partial charge in [-0.15, -0.1) is 11.8 Å². The highest BCUT2D eigenvalue weighted by Crippen LogP contribution is 2.44. The number of hydrogen-bond acceptors (Lipinski definition) is 5. The zero-order chi connectivity index (χ0) is 20.7. The number of aromatic nitrogens is 1. The third kappa shape index (κ3) is 3.91. The number of para-hydroxylation sites is 1. The summed E-state index contributed by atoms with van der Waals surface area (Å²) in [6, 6.07) is 17.6. The third-order valence-corrected chi connectivity index (χ3v) is 7.41. The number of phenolic OH excluding ortho intramolecular Hbond substituents is 1. The fourth-order valence-corrected chi connectivity index (χ4v) is 6.11. The Morgan fingerprint density at radius 3 is 2.87 bits per heavy atom. The molecule has 1 aliphatic heterocycles. The van der Waals surface area contributed by atoms with Gasteiger partial charge >= 0.3 is 0 Å². The van der Waals surface area contributed by atoms with E-state index in [1.807, 2.05) is 54.2 Å². The van der Waals surface area contributed by atoms with Gasteiger partial charge in [-0.1, -0.05) is 44.5 Å². The van der Waals surface area contributed by atoms with Crippen LogP contribution in [-0.2, 0) is 0 Å². The van der Waals surface area contributed by atoms with E-state index in [4.69, 9.17) is 9.73 Å². The molecule has 3 aromatic rings. The first-order valence-electron chi connectivity index (χ1n) is 10.6. The summed E-state index contributed by atoms with van der Waals surface area (Å²) in [5.74, 6) is 1.35. The number of pyridine rings is 1. The van der Waals surface area contributed by atoms with E-state index in [1.165, 1.54) is 25.7 Å². The average molecular weight is 419 g/mol. The van der Waals surface area contributed by atoms with E-state index in [1.54, 1.807) is 6.07 Å². The van der Waals surface area contributed by atoms with Gasteiger partial charge in [0, 0.05) is 22.3 Å². The maximum Gasteiger partial charge on any atom is 0.219 e. The van der Waals surface area contributed by atoms with Gasteiger partial charge in [0.15, 0.2) is 0 Å². The second-order valence-corrected chi connectivity index (χ2v) is 10.3. The lowest BCUT2D eigenvalue weighted by atomic mass is 9.85. The minimum Gasteiger partial charge on any atom is -0.506 e. The Hall–Kier alpha value is -2.53. The first-order chi connectivity index (χ1) is 14.5. The summed E-state index contributed by atoms with van der Waals surface area (Å²) in [5.41, 5.74) is 2.05. The molecule has 1 saturated carbocycles. The van der Waals surface area contributed by atoms with Crippen molar-refractivity contribution >= 4 is 27.7 Å². The number of nitrogens with zero attached hydrogens (tertiary/aromatic N) is 2. The molecule has 30 heavy (non-hydrogen) atoms. The van der Waals surface area contributed by atoms with Crippen LogP contribution in [0.15, 0.2) is 59.6 Å². The van der Waals surface area contributed by atoms with Crippen LogP contribution in [0.25, 0.3) is 10.9 Å². The Balaban J connectivity index is 1.38. The molecule has 2 aliphatic rings. The van der Waals surface area contributed by atoms with Crippen molar-refractivity contribution in [2.45, 2.75) is 50.8 Å². The molecule has 2 heterocycles. The monoisotopic (exact) mass is 418 g/mol. The molecule has 4 nitrogen and oxygen atoms in total. The number of aromatic hydroxyl groups is 1. The summed E-state index contributed by atoms with van der Waals surface area (Å²) in [7, 11) is 0. The van der Waals surface area contributed by atoms with Crippen molar-refractivity contribution in [1.29, 1.82) is 0 Å². The molecule has 1 N–H and O–H groups in total. The van der Waals surface area contributed by atoms with Gasteiger partial charge in [-0.3, -0.25) is 4.99 Å². The van der Waals surface area contributed by atoms with Crippen LogP contribution in [0.2, 0.25) is 0 Å². The predicted octanol–water partition coefficient (Wildman–Crippen LogP) is 6.56. The molecule has 0 spiro atoms. The number of phenols is 1. The van der Waals surface area contributed by atoms with E-state index in [2.05, 4.69) is 24.9 Å². The van der Waals surface area contributed by atoms with E-state index in [0.29, 0.717) is 28.1 Å². The maximum absolute atomic E-state index is 10.1. The summed E-state index contributed by atoms with van der Waals surface area (Å²) in [5, 5.41) is 12.7. The summed E-state index contributed by atoms with van der Waals surface area (Å²) < 4.78 is 6.03. The highest BCUT2D eigenvalue weighted by Gasteiger charge is 2.37. The van der Waals surface area contributed by atoms with Gasteiger partial charge in [0.25, 0.3) is 0 Å². The van der Waals surface area contributed by atoms with Crippen LogP contribution < -0.4 is 4.74 Å². The van der Waals surface area contributed by atoms with E-state index >= 15 is 0 Å². The van der Waals surface area contributed by atoms with Crippen LogP contribution in [-0.4, -0.2) is 26.4 Å². The number of aliphatic imine (C=N–C) groups is 1.